The lowest BCUT2D eigenvalue weighted by Gasteiger charge is -2.06. The monoisotopic (exact) mass is 200 g/mol. The zero-order valence-corrected chi connectivity index (χ0v) is 8.21. The van der Waals surface area contributed by atoms with Gasteiger partial charge in [-0.1, -0.05) is 0 Å². The molecule has 0 amide bonds. The summed E-state index contributed by atoms with van der Waals surface area (Å²) in [5.74, 6) is -0.912. The van der Waals surface area contributed by atoms with Crippen LogP contribution in [0.25, 0.3) is 0 Å². The second-order valence-corrected chi connectivity index (χ2v) is 3.51. The number of carbonyl (C=O) groups is 1. The standard InChI is InChI=1S/C9H12O3S/c1-7(9(10)11)12-4-2-8-3-5-13-6-8/h3,5-7H,2,4H2,1H3,(H,10,11)/t7-/m1/s1. The molecular formula is C9H12O3S. The van der Waals surface area contributed by atoms with Crippen LogP contribution in [-0.2, 0) is 16.0 Å². The van der Waals surface area contributed by atoms with Crippen molar-refractivity contribution in [1.29, 1.82) is 0 Å². The van der Waals surface area contributed by atoms with Gasteiger partial charge in [-0.2, -0.15) is 11.3 Å². The van der Waals surface area contributed by atoms with E-state index in [1.807, 2.05) is 16.8 Å². The van der Waals surface area contributed by atoms with Gasteiger partial charge < -0.3 is 9.84 Å². The molecule has 0 saturated heterocycles. The van der Waals surface area contributed by atoms with E-state index < -0.39 is 12.1 Å². The van der Waals surface area contributed by atoms with Gasteiger partial charge in [0.15, 0.2) is 6.10 Å². The van der Waals surface area contributed by atoms with Crippen LogP contribution in [0.5, 0.6) is 0 Å². The van der Waals surface area contributed by atoms with Gasteiger partial charge in [-0.3, -0.25) is 0 Å². The molecule has 0 saturated carbocycles. The minimum Gasteiger partial charge on any atom is -0.479 e. The van der Waals surface area contributed by atoms with Gasteiger partial charge in [0.1, 0.15) is 0 Å². The Morgan fingerprint density at radius 3 is 3.08 bits per heavy atom. The van der Waals surface area contributed by atoms with Gasteiger partial charge >= 0.3 is 5.97 Å². The van der Waals surface area contributed by atoms with E-state index in [9.17, 15) is 4.79 Å². The molecule has 0 unspecified atom stereocenters. The Morgan fingerprint density at radius 1 is 1.77 bits per heavy atom. The maximum absolute atomic E-state index is 10.4. The Balaban J connectivity index is 2.18. The average Bonchev–Trinajstić information content (AvgIpc) is 2.56. The second-order valence-electron chi connectivity index (χ2n) is 2.73. The maximum atomic E-state index is 10.4. The van der Waals surface area contributed by atoms with Gasteiger partial charge in [0.2, 0.25) is 0 Å². The average molecular weight is 200 g/mol. The highest BCUT2D eigenvalue weighted by Gasteiger charge is 2.09. The van der Waals surface area contributed by atoms with Crippen molar-refractivity contribution in [2.45, 2.75) is 19.4 Å². The number of thiophene rings is 1. The number of aliphatic carboxylic acids is 1. The summed E-state index contributed by atoms with van der Waals surface area (Å²) >= 11 is 1.63. The van der Waals surface area contributed by atoms with Crippen LogP contribution in [0, 0.1) is 0 Å². The van der Waals surface area contributed by atoms with Crippen LogP contribution >= 0.6 is 11.3 Å². The van der Waals surface area contributed by atoms with Crippen molar-refractivity contribution in [3.63, 3.8) is 0 Å². The molecule has 0 aliphatic heterocycles. The fourth-order valence-corrected chi connectivity index (χ4v) is 1.56. The molecule has 0 aliphatic carbocycles. The largest absolute Gasteiger partial charge is 0.479 e. The van der Waals surface area contributed by atoms with Crippen molar-refractivity contribution in [2.75, 3.05) is 6.61 Å². The van der Waals surface area contributed by atoms with Crippen LogP contribution in [-0.4, -0.2) is 23.8 Å². The fraction of sp³-hybridized carbons (Fsp3) is 0.444. The van der Waals surface area contributed by atoms with Crippen molar-refractivity contribution >= 4 is 17.3 Å². The van der Waals surface area contributed by atoms with E-state index in [-0.39, 0.29) is 0 Å². The molecule has 1 aromatic heterocycles. The predicted molar refractivity (Wildman–Crippen MR) is 51.1 cm³/mol. The summed E-state index contributed by atoms with van der Waals surface area (Å²) in [6.07, 6.45) is 0.0693. The van der Waals surface area contributed by atoms with E-state index in [2.05, 4.69) is 0 Å². The molecule has 0 radical (unpaired) electrons. The Hall–Kier alpha value is -0.870. The number of hydrogen-bond acceptors (Lipinski definition) is 3. The Labute approximate surface area is 81.0 Å². The molecule has 0 aromatic carbocycles. The van der Waals surface area contributed by atoms with Crippen LogP contribution in [0.3, 0.4) is 0 Å². The summed E-state index contributed by atoms with van der Waals surface area (Å²) in [7, 11) is 0. The third kappa shape index (κ3) is 3.57. The lowest BCUT2D eigenvalue weighted by molar-refractivity contribution is -0.149. The highest BCUT2D eigenvalue weighted by molar-refractivity contribution is 7.07. The van der Waals surface area contributed by atoms with E-state index in [1.165, 1.54) is 12.5 Å². The first-order chi connectivity index (χ1) is 6.20. The quantitative estimate of drug-likeness (QED) is 0.788. The van der Waals surface area contributed by atoms with Crippen LogP contribution in [0.1, 0.15) is 12.5 Å². The number of carboxylic acid groups (broad SMARTS) is 1. The Morgan fingerprint density at radius 2 is 2.54 bits per heavy atom. The highest BCUT2D eigenvalue weighted by Crippen LogP contribution is 2.06. The van der Waals surface area contributed by atoms with Gasteiger partial charge in [-0.05, 0) is 35.7 Å². The number of carboxylic acids is 1. The van der Waals surface area contributed by atoms with E-state index in [0.29, 0.717) is 6.61 Å². The molecule has 0 fully saturated rings. The van der Waals surface area contributed by atoms with Crippen molar-refractivity contribution in [3.05, 3.63) is 22.4 Å². The first-order valence-corrected chi connectivity index (χ1v) is 5.00. The molecule has 0 bridgehead atoms. The SMILES string of the molecule is C[C@@H](OCCc1ccsc1)C(=O)O. The van der Waals surface area contributed by atoms with Crippen LogP contribution in [0.4, 0.5) is 0 Å². The van der Waals surface area contributed by atoms with E-state index in [1.54, 1.807) is 11.3 Å². The van der Waals surface area contributed by atoms with Crippen molar-refractivity contribution in [3.8, 4) is 0 Å². The Kier molecular flexibility index (Phi) is 3.92. The van der Waals surface area contributed by atoms with Gasteiger partial charge in [0, 0.05) is 0 Å². The van der Waals surface area contributed by atoms with E-state index in [4.69, 9.17) is 9.84 Å². The molecule has 0 spiro atoms. The van der Waals surface area contributed by atoms with Crippen LogP contribution < -0.4 is 0 Å². The summed E-state index contributed by atoms with van der Waals surface area (Å²) in [5, 5.41) is 12.5. The van der Waals surface area contributed by atoms with Gasteiger partial charge in [-0.15, -0.1) is 0 Å². The Bertz CT molecular complexity index is 256. The lowest BCUT2D eigenvalue weighted by Crippen LogP contribution is -2.20. The first-order valence-electron chi connectivity index (χ1n) is 4.05. The third-order valence-electron chi connectivity index (χ3n) is 1.69. The highest BCUT2D eigenvalue weighted by atomic mass is 32.1. The number of hydrogen-bond donors (Lipinski definition) is 1. The van der Waals surface area contributed by atoms with Crippen molar-refractivity contribution < 1.29 is 14.6 Å². The smallest absolute Gasteiger partial charge is 0.332 e. The fourth-order valence-electron chi connectivity index (χ4n) is 0.860. The third-order valence-corrected chi connectivity index (χ3v) is 2.42. The zero-order valence-electron chi connectivity index (χ0n) is 7.40. The lowest BCUT2D eigenvalue weighted by atomic mass is 10.2. The molecule has 1 atom stereocenters. The van der Waals surface area contributed by atoms with Crippen molar-refractivity contribution in [2.24, 2.45) is 0 Å². The normalized spacial score (nSPS) is 12.7. The second kappa shape index (κ2) is 4.99. The first kappa shape index (κ1) is 10.2. The summed E-state index contributed by atoms with van der Waals surface area (Å²) < 4.78 is 5.08. The zero-order chi connectivity index (χ0) is 9.68. The van der Waals surface area contributed by atoms with Crippen LogP contribution in [0.15, 0.2) is 16.8 Å². The molecule has 1 N–H and O–H groups in total. The summed E-state index contributed by atoms with van der Waals surface area (Å²) in [6, 6.07) is 2.01. The minimum absolute atomic E-state index is 0.463. The molecule has 0 aliphatic rings. The topological polar surface area (TPSA) is 46.5 Å². The molecule has 1 heterocycles. The van der Waals surface area contributed by atoms with E-state index >= 15 is 0 Å². The van der Waals surface area contributed by atoms with Gasteiger partial charge in [0.25, 0.3) is 0 Å². The number of ether oxygens (including phenoxy) is 1. The predicted octanol–water partition coefficient (Wildman–Crippen LogP) is 1.78. The molecule has 3 nitrogen and oxygen atoms in total. The molecule has 72 valence electrons. The van der Waals surface area contributed by atoms with Gasteiger partial charge in [0.05, 0.1) is 6.61 Å². The molecule has 1 rings (SSSR count). The molecule has 1 aromatic rings. The summed E-state index contributed by atoms with van der Waals surface area (Å²) in [5.41, 5.74) is 1.20. The summed E-state index contributed by atoms with van der Waals surface area (Å²) in [4.78, 5) is 10.4. The molecular weight excluding hydrogens is 188 g/mol. The van der Waals surface area contributed by atoms with Gasteiger partial charge in [-0.25, -0.2) is 4.79 Å². The molecule has 13 heavy (non-hydrogen) atoms. The van der Waals surface area contributed by atoms with E-state index in [0.717, 1.165) is 6.42 Å². The van der Waals surface area contributed by atoms with Crippen molar-refractivity contribution in [1.82, 2.24) is 0 Å². The maximum Gasteiger partial charge on any atom is 0.332 e. The molecule has 4 heteroatoms. The summed E-state index contributed by atoms with van der Waals surface area (Å²) in [6.45, 7) is 2.00. The number of rotatable bonds is 5. The van der Waals surface area contributed by atoms with Crippen LogP contribution in [0.2, 0.25) is 0 Å². The minimum atomic E-state index is -0.912.